The summed E-state index contributed by atoms with van der Waals surface area (Å²) >= 11 is 0. The number of carbonyl (C=O) groups excluding carboxylic acids is 1. The highest BCUT2D eigenvalue weighted by Crippen LogP contribution is 2.14. The van der Waals surface area contributed by atoms with Gasteiger partial charge in [0.1, 0.15) is 0 Å². The van der Waals surface area contributed by atoms with E-state index in [0.29, 0.717) is 12.3 Å². The molecule has 3 nitrogen and oxygen atoms in total. The molecule has 1 unspecified atom stereocenters. The van der Waals surface area contributed by atoms with Gasteiger partial charge >= 0.3 is 5.97 Å². The van der Waals surface area contributed by atoms with Gasteiger partial charge in [-0.1, -0.05) is 0 Å². The quantitative estimate of drug-likeness (QED) is 0.597. The molecular formula is C7H12FNO2. The molecular weight excluding hydrogens is 149 g/mol. The van der Waals surface area contributed by atoms with Crippen molar-refractivity contribution in [3.05, 3.63) is 0 Å². The van der Waals surface area contributed by atoms with Crippen LogP contribution in [-0.2, 0) is 9.53 Å². The fourth-order valence-electron chi connectivity index (χ4n) is 1.03. The van der Waals surface area contributed by atoms with Crippen molar-refractivity contribution in [2.75, 3.05) is 20.2 Å². The molecule has 1 aliphatic rings. The Morgan fingerprint density at radius 1 is 1.82 bits per heavy atom. The summed E-state index contributed by atoms with van der Waals surface area (Å²) < 4.78 is 17.0. The summed E-state index contributed by atoms with van der Waals surface area (Å²) in [4.78, 5) is 10.6. The highest BCUT2D eigenvalue weighted by molar-refractivity contribution is 5.74. The van der Waals surface area contributed by atoms with Crippen molar-refractivity contribution in [2.45, 2.75) is 12.6 Å². The summed E-state index contributed by atoms with van der Waals surface area (Å²) in [5.41, 5.74) is 0. The van der Waals surface area contributed by atoms with Gasteiger partial charge in [0.15, 0.2) is 6.17 Å². The van der Waals surface area contributed by atoms with Crippen LogP contribution < -0.4 is 5.32 Å². The Hall–Kier alpha value is -0.640. The van der Waals surface area contributed by atoms with Gasteiger partial charge in [0, 0.05) is 0 Å². The highest BCUT2D eigenvalue weighted by Gasteiger charge is 2.26. The minimum Gasteiger partial charge on any atom is -0.467 e. The van der Waals surface area contributed by atoms with Crippen molar-refractivity contribution in [1.29, 1.82) is 0 Å². The SMILES string of the molecule is COC(=O)C(F)CC1CNC1. The summed E-state index contributed by atoms with van der Waals surface area (Å²) in [5.74, 6) is -0.444. The van der Waals surface area contributed by atoms with Crippen LogP contribution in [0.4, 0.5) is 4.39 Å². The largest absolute Gasteiger partial charge is 0.467 e. The molecule has 0 aromatic carbocycles. The lowest BCUT2D eigenvalue weighted by atomic mass is 9.97. The topological polar surface area (TPSA) is 38.3 Å². The molecule has 0 aromatic rings. The van der Waals surface area contributed by atoms with E-state index in [-0.39, 0.29) is 0 Å². The lowest BCUT2D eigenvalue weighted by Gasteiger charge is -2.27. The maximum absolute atomic E-state index is 12.8. The maximum Gasteiger partial charge on any atom is 0.340 e. The molecule has 0 amide bonds. The van der Waals surface area contributed by atoms with Crippen molar-refractivity contribution in [3.8, 4) is 0 Å². The third-order valence-corrected chi connectivity index (χ3v) is 1.86. The third-order valence-electron chi connectivity index (χ3n) is 1.86. The Balaban J connectivity index is 2.18. The van der Waals surface area contributed by atoms with E-state index in [1.54, 1.807) is 0 Å². The first-order valence-electron chi connectivity index (χ1n) is 3.66. The molecule has 0 aliphatic carbocycles. The number of hydrogen-bond donors (Lipinski definition) is 1. The molecule has 1 saturated heterocycles. The monoisotopic (exact) mass is 161 g/mol. The highest BCUT2D eigenvalue weighted by atomic mass is 19.1. The molecule has 1 rings (SSSR count). The van der Waals surface area contributed by atoms with Crippen LogP contribution in [-0.4, -0.2) is 32.3 Å². The van der Waals surface area contributed by atoms with Gasteiger partial charge in [0.2, 0.25) is 0 Å². The van der Waals surface area contributed by atoms with Crippen LogP contribution >= 0.6 is 0 Å². The summed E-state index contributed by atoms with van der Waals surface area (Å²) in [7, 11) is 1.20. The zero-order chi connectivity index (χ0) is 8.27. The molecule has 0 radical (unpaired) electrons. The zero-order valence-electron chi connectivity index (χ0n) is 6.47. The molecule has 1 N–H and O–H groups in total. The van der Waals surface area contributed by atoms with E-state index >= 15 is 0 Å². The van der Waals surface area contributed by atoms with Gasteiger partial charge in [0.05, 0.1) is 7.11 Å². The Bertz CT molecular complexity index is 147. The van der Waals surface area contributed by atoms with Crippen LogP contribution in [0.15, 0.2) is 0 Å². The number of halogens is 1. The number of esters is 1. The molecule has 0 aromatic heterocycles. The predicted molar refractivity (Wildman–Crippen MR) is 37.9 cm³/mol. The fraction of sp³-hybridized carbons (Fsp3) is 0.857. The second-order valence-electron chi connectivity index (χ2n) is 2.75. The van der Waals surface area contributed by atoms with Crippen molar-refractivity contribution in [2.24, 2.45) is 5.92 Å². The number of carbonyl (C=O) groups is 1. The van der Waals surface area contributed by atoms with Crippen LogP contribution in [0.5, 0.6) is 0 Å². The van der Waals surface area contributed by atoms with Gasteiger partial charge in [-0.2, -0.15) is 0 Å². The summed E-state index contributed by atoms with van der Waals surface area (Å²) in [6.07, 6.45) is -1.15. The maximum atomic E-state index is 12.8. The Morgan fingerprint density at radius 2 is 2.45 bits per heavy atom. The van der Waals surface area contributed by atoms with Gasteiger partial charge in [0.25, 0.3) is 0 Å². The smallest absolute Gasteiger partial charge is 0.340 e. The lowest BCUT2D eigenvalue weighted by Crippen LogP contribution is -2.44. The minimum absolute atomic E-state index is 0.291. The van der Waals surface area contributed by atoms with E-state index in [4.69, 9.17) is 0 Å². The Labute approximate surface area is 64.9 Å². The van der Waals surface area contributed by atoms with Crippen LogP contribution in [0, 0.1) is 5.92 Å². The number of alkyl halides is 1. The molecule has 64 valence electrons. The van der Waals surface area contributed by atoms with E-state index in [1.165, 1.54) is 7.11 Å². The van der Waals surface area contributed by atoms with Gasteiger partial charge in [-0.05, 0) is 25.4 Å². The van der Waals surface area contributed by atoms with Crippen molar-refractivity contribution < 1.29 is 13.9 Å². The summed E-state index contributed by atoms with van der Waals surface area (Å²) in [5, 5.41) is 3.00. The van der Waals surface area contributed by atoms with Crippen molar-refractivity contribution in [3.63, 3.8) is 0 Å². The molecule has 0 bridgehead atoms. The molecule has 4 heteroatoms. The third kappa shape index (κ3) is 2.15. The molecule has 1 heterocycles. The second kappa shape index (κ2) is 3.67. The standard InChI is InChI=1S/C7H12FNO2/c1-11-7(10)6(8)2-5-3-9-4-5/h5-6,9H,2-4H2,1H3. The molecule has 1 aliphatic heterocycles. The average molecular weight is 161 g/mol. The van der Waals surface area contributed by atoms with Gasteiger partial charge < -0.3 is 10.1 Å². The van der Waals surface area contributed by atoms with E-state index in [0.717, 1.165) is 13.1 Å². The van der Waals surface area contributed by atoms with Crippen LogP contribution in [0.3, 0.4) is 0 Å². The Kier molecular flexibility index (Phi) is 2.82. The van der Waals surface area contributed by atoms with Crippen molar-refractivity contribution in [1.82, 2.24) is 5.32 Å². The second-order valence-corrected chi connectivity index (χ2v) is 2.75. The minimum atomic E-state index is -1.44. The fourth-order valence-corrected chi connectivity index (χ4v) is 1.03. The summed E-state index contributed by atoms with van der Waals surface area (Å²) in [6.45, 7) is 1.63. The number of methoxy groups -OCH3 is 1. The van der Waals surface area contributed by atoms with E-state index in [9.17, 15) is 9.18 Å². The van der Waals surface area contributed by atoms with Gasteiger partial charge in [-0.15, -0.1) is 0 Å². The first-order chi connectivity index (χ1) is 5.24. The number of rotatable bonds is 3. The Morgan fingerprint density at radius 3 is 2.82 bits per heavy atom. The zero-order valence-corrected chi connectivity index (χ0v) is 6.47. The van der Waals surface area contributed by atoms with E-state index in [1.807, 2.05) is 0 Å². The first-order valence-corrected chi connectivity index (χ1v) is 3.66. The first kappa shape index (κ1) is 8.46. The lowest BCUT2D eigenvalue weighted by molar-refractivity contribution is -0.147. The van der Waals surface area contributed by atoms with Gasteiger partial charge in [-0.3, -0.25) is 0 Å². The average Bonchev–Trinajstić information content (AvgIpc) is 1.94. The van der Waals surface area contributed by atoms with Crippen LogP contribution in [0.25, 0.3) is 0 Å². The van der Waals surface area contributed by atoms with Crippen molar-refractivity contribution >= 4 is 5.97 Å². The molecule has 0 saturated carbocycles. The predicted octanol–water partition coefficient (Wildman–Crippen LogP) is 0.107. The molecule has 11 heavy (non-hydrogen) atoms. The van der Waals surface area contributed by atoms with E-state index in [2.05, 4.69) is 10.1 Å². The number of nitrogens with one attached hydrogen (secondary N) is 1. The molecule has 1 atom stereocenters. The number of hydrogen-bond acceptors (Lipinski definition) is 3. The van der Waals surface area contributed by atoms with Crippen LogP contribution in [0.2, 0.25) is 0 Å². The molecule has 0 spiro atoms. The van der Waals surface area contributed by atoms with Crippen LogP contribution in [0.1, 0.15) is 6.42 Å². The van der Waals surface area contributed by atoms with E-state index < -0.39 is 12.1 Å². The summed E-state index contributed by atoms with van der Waals surface area (Å²) in [6, 6.07) is 0. The normalized spacial score (nSPS) is 20.5. The molecule has 1 fully saturated rings. The van der Waals surface area contributed by atoms with Gasteiger partial charge in [-0.25, -0.2) is 9.18 Å². The number of ether oxygens (including phenoxy) is 1.